The van der Waals surface area contributed by atoms with Crippen molar-refractivity contribution in [1.29, 1.82) is 0 Å². The molecule has 2 fully saturated rings. The minimum Gasteiger partial charge on any atom is -0.497 e. The Morgan fingerprint density at radius 2 is 1.74 bits per heavy atom. The van der Waals surface area contributed by atoms with Crippen LogP contribution in [0.2, 0.25) is 5.02 Å². The molecule has 0 unspecified atom stereocenters. The molecule has 1 N–H and O–H groups in total. The van der Waals surface area contributed by atoms with Crippen LogP contribution in [-0.2, 0) is 4.79 Å². The highest BCUT2D eigenvalue weighted by molar-refractivity contribution is 7.80. The van der Waals surface area contributed by atoms with E-state index >= 15 is 0 Å². The Morgan fingerprint density at radius 1 is 1.06 bits per heavy atom. The Labute approximate surface area is 212 Å². The van der Waals surface area contributed by atoms with Gasteiger partial charge in [-0.25, -0.2) is 0 Å². The van der Waals surface area contributed by atoms with Gasteiger partial charge in [0.05, 0.1) is 12.1 Å². The molecular weight excluding hydrogens is 470 g/mol. The molecule has 2 aromatic rings. The molecule has 1 spiro atoms. The summed E-state index contributed by atoms with van der Waals surface area (Å²) in [6, 6.07) is 15.0. The zero-order valence-electron chi connectivity index (χ0n) is 20.0. The fraction of sp³-hybridized carbons (Fsp3) is 0.462. The third kappa shape index (κ3) is 5.41. The molecule has 182 valence electrons. The summed E-state index contributed by atoms with van der Waals surface area (Å²) in [4.78, 5) is 17.5. The van der Waals surface area contributed by atoms with E-state index in [1.807, 2.05) is 55.1 Å². The molecule has 1 amide bonds. The molecule has 2 aliphatic heterocycles. The molecule has 0 aromatic heterocycles. The number of halogens is 1. The number of ether oxygens (including phenoxy) is 2. The highest BCUT2D eigenvalue weighted by Crippen LogP contribution is 2.41. The Kier molecular flexibility index (Phi) is 7.24. The fourth-order valence-electron chi connectivity index (χ4n) is 4.83. The number of likely N-dealkylation sites (tertiary alicyclic amines) is 2. The molecular formula is C26H32ClN3O3S. The van der Waals surface area contributed by atoms with E-state index in [2.05, 4.69) is 10.2 Å². The zero-order chi connectivity index (χ0) is 24.3. The van der Waals surface area contributed by atoms with Crippen LogP contribution < -0.4 is 14.8 Å². The predicted molar refractivity (Wildman–Crippen MR) is 140 cm³/mol. The van der Waals surface area contributed by atoms with E-state index in [0.717, 1.165) is 62.0 Å². The summed E-state index contributed by atoms with van der Waals surface area (Å²) in [7, 11) is 1.65. The summed E-state index contributed by atoms with van der Waals surface area (Å²) in [5.74, 6) is 1.33. The quantitative estimate of drug-likeness (QED) is 0.567. The minimum absolute atomic E-state index is 0.00179. The van der Waals surface area contributed by atoms with Gasteiger partial charge in [-0.2, -0.15) is 0 Å². The summed E-state index contributed by atoms with van der Waals surface area (Å²) < 4.78 is 11.3. The number of hydrogen-bond acceptors (Lipinski definition) is 4. The Balaban J connectivity index is 1.32. The lowest BCUT2D eigenvalue weighted by atomic mass is 9.78. The number of nitrogens with zero attached hydrogens (tertiary/aromatic N) is 2. The molecule has 0 aliphatic carbocycles. The molecule has 8 heteroatoms. The first kappa shape index (κ1) is 24.6. The molecule has 6 nitrogen and oxygen atoms in total. The van der Waals surface area contributed by atoms with E-state index in [4.69, 9.17) is 33.3 Å². The molecule has 0 bridgehead atoms. The van der Waals surface area contributed by atoms with Crippen LogP contribution in [0.15, 0.2) is 48.5 Å². The van der Waals surface area contributed by atoms with Gasteiger partial charge in [-0.3, -0.25) is 4.79 Å². The molecule has 0 saturated carbocycles. The van der Waals surface area contributed by atoms with Gasteiger partial charge in [0.25, 0.3) is 5.91 Å². The molecule has 34 heavy (non-hydrogen) atoms. The topological polar surface area (TPSA) is 54.0 Å². The second-order valence-electron chi connectivity index (χ2n) is 9.67. The lowest BCUT2D eigenvalue weighted by molar-refractivity contribution is -0.144. The highest BCUT2D eigenvalue weighted by Gasteiger charge is 2.45. The number of carbonyl (C=O) groups excluding carboxylic acids is 1. The number of anilines is 1. The van der Waals surface area contributed by atoms with Gasteiger partial charge in [0.1, 0.15) is 11.5 Å². The molecule has 0 radical (unpaired) electrons. The Bertz CT molecular complexity index is 1050. The second kappa shape index (κ2) is 10.0. The monoisotopic (exact) mass is 501 g/mol. The van der Waals surface area contributed by atoms with Crippen molar-refractivity contribution in [1.82, 2.24) is 9.80 Å². The van der Waals surface area contributed by atoms with E-state index in [9.17, 15) is 4.79 Å². The predicted octanol–water partition coefficient (Wildman–Crippen LogP) is 5.22. The van der Waals surface area contributed by atoms with Crippen molar-refractivity contribution >= 4 is 40.5 Å². The van der Waals surface area contributed by atoms with Crippen LogP contribution in [-0.4, -0.2) is 59.7 Å². The standard InChI is InChI=1S/C26H32ClN3O3S/c1-25(2,33-22-10-5-4-9-21(22)27)23(31)30-16-13-26(18-30)11-14-29(15-12-26)24(34)28-19-7-6-8-20(17-19)32-3/h4-10,17H,11-16,18H2,1-3H3,(H,28,34). The van der Waals surface area contributed by atoms with Crippen LogP contribution in [0.4, 0.5) is 5.69 Å². The number of rotatable bonds is 5. The Morgan fingerprint density at radius 3 is 2.41 bits per heavy atom. The lowest BCUT2D eigenvalue weighted by Crippen LogP contribution is -2.50. The smallest absolute Gasteiger partial charge is 0.266 e. The fourth-order valence-corrected chi connectivity index (χ4v) is 5.31. The maximum Gasteiger partial charge on any atom is 0.266 e. The van der Waals surface area contributed by atoms with Crippen molar-refractivity contribution in [3.8, 4) is 11.5 Å². The van der Waals surface area contributed by atoms with Crippen molar-refractivity contribution < 1.29 is 14.3 Å². The van der Waals surface area contributed by atoms with Gasteiger partial charge in [0.15, 0.2) is 10.7 Å². The van der Waals surface area contributed by atoms with Gasteiger partial charge in [0.2, 0.25) is 0 Å². The average molecular weight is 502 g/mol. The van der Waals surface area contributed by atoms with Crippen molar-refractivity contribution in [2.45, 2.75) is 38.7 Å². The van der Waals surface area contributed by atoms with Crippen molar-refractivity contribution in [3.63, 3.8) is 0 Å². The van der Waals surface area contributed by atoms with Gasteiger partial charge in [0, 0.05) is 37.9 Å². The van der Waals surface area contributed by atoms with Crippen LogP contribution >= 0.6 is 23.8 Å². The van der Waals surface area contributed by atoms with Gasteiger partial charge in [-0.05, 0) is 75.0 Å². The summed E-state index contributed by atoms with van der Waals surface area (Å²) in [6.45, 7) is 6.88. The van der Waals surface area contributed by atoms with E-state index < -0.39 is 5.60 Å². The summed E-state index contributed by atoms with van der Waals surface area (Å²) >= 11 is 11.9. The minimum atomic E-state index is -0.987. The van der Waals surface area contributed by atoms with Gasteiger partial charge >= 0.3 is 0 Å². The molecule has 2 heterocycles. The molecule has 4 rings (SSSR count). The summed E-state index contributed by atoms with van der Waals surface area (Å²) in [5.41, 5.74) is 0.0699. The number of piperidine rings is 1. The number of benzene rings is 2. The largest absolute Gasteiger partial charge is 0.497 e. The summed E-state index contributed by atoms with van der Waals surface area (Å²) in [6.07, 6.45) is 3.01. The first-order chi connectivity index (χ1) is 16.2. The lowest BCUT2D eigenvalue weighted by Gasteiger charge is -2.40. The Hall–Kier alpha value is -2.51. The maximum absolute atomic E-state index is 13.3. The average Bonchev–Trinajstić information content (AvgIpc) is 3.23. The van der Waals surface area contributed by atoms with E-state index in [1.165, 1.54) is 0 Å². The normalized spacial score (nSPS) is 17.5. The third-order valence-electron chi connectivity index (χ3n) is 6.87. The second-order valence-corrected chi connectivity index (χ2v) is 10.5. The van der Waals surface area contributed by atoms with Crippen LogP contribution in [0.25, 0.3) is 0 Å². The van der Waals surface area contributed by atoms with Crippen LogP contribution in [0.1, 0.15) is 33.1 Å². The zero-order valence-corrected chi connectivity index (χ0v) is 21.5. The van der Waals surface area contributed by atoms with E-state index in [-0.39, 0.29) is 11.3 Å². The SMILES string of the molecule is COc1cccc(NC(=S)N2CCC3(CCN(C(=O)C(C)(C)Oc4ccccc4Cl)C3)CC2)c1. The molecule has 2 aliphatic rings. The van der Waals surface area contributed by atoms with Crippen LogP contribution in [0, 0.1) is 5.41 Å². The van der Waals surface area contributed by atoms with Crippen LogP contribution in [0.3, 0.4) is 0 Å². The third-order valence-corrected chi connectivity index (χ3v) is 7.55. The van der Waals surface area contributed by atoms with Crippen molar-refractivity contribution in [3.05, 3.63) is 53.6 Å². The van der Waals surface area contributed by atoms with E-state index in [1.54, 1.807) is 19.2 Å². The van der Waals surface area contributed by atoms with Crippen molar-refractivity contribution in [2.75, 3.05) is 38.6 Å². The number of methoxy groups -OCH3 is 1. The first-order valence-electron chi connectivity index (χ1n) is 11.6. The van der Waals surface area contributed by atoms with Crippen LogP contribution in [0.5, 0.6) is 11.5 Å². The van der Waals surface area contributed by atoms with Gasteiger partial charge in [-0.15, -0.1) is 0 Å². The summed E-state index contributed by atoms with van der Waals surface area (Å²) in [5, 5.41) is 4.56. The van der Waals surface area contributed by atoms with Gasteiger partial charge in [-0.1, -0.05) is 29.8 Å². The number of amides is 1. The molecule has 2 aromatic carbocycles. The number of nitrogens with one attached hydrogen (secondary N) is 1. The molecule has 2 saturated heterocycles. The van der Waals surface area contributed by atoms with Gasteiger partial charge < -0.3 is 24.6 Å². The molecule has 0 atom stereocenters. The van der Waals surface area contributed by atoms with Crippen molar-refractivity contribution in [2.24, 2.45) is 5.41 Å². The maximum atomic E-state index is 13.3. The number of para-hydroxylation sites is 1. The number of thiocarbonyl (C=S) groups is 1. The number of hydrogen-bond donors (Lipinski definition) is 1. The number of carbonyl (C=O) groups is 1. The first-order valence-corrected chi connectivity index (χ1v) is 12.4. The highest BCUT2D eigenvalue weighted by atomic mass is 35.5. The van der Waals surface area contributed by atoms with E-state index in [0.29, 0.717) is 10.8 Å².